The molecule has 5 heteroatoms. The molecule has 0 aromatic heterocycles. The number of hydrogen-bond acceptors (Lipinski definition) is 1. The van der Waals surface area contributed by atoms with Crippen LogP contribution in [-0.4, -0.2) is 5.91 Å². The quantitative estimate of drug-likeness (QED) is 0.723. The van der Waals surface area contributed by atoms with E-state index in [-0.39, 0.29) is 5.91 Å². The number of hydrogen-bond donors (Lipinski definition) is 1. The van der Waals surface area contributed by atoms with Crippen LogP contribution in [0.15, 0.2) is 42.5 Å². The summed E-state index contributed by atoms with van der Waals surface area (Å²) in [5.41, 5.74) is 2.10. The van der Waals surface area contributed by atoms with Gasteiger partial charge in [-0.25, -0.2) is 0 Å². The van der Waals surface area contributed by atoms with Gasteiger partial charge in [0.25, 0.3) is 0 Å². The fourth-order valence-corrected chi connectivity index (χ4v) is 2.44. The standard InChI is InChI=1S/C16H12Cl3NO/c1-10-12(17)4-3-7-15(10)20-16(21)9-8-11-13(18)5-2-6-14(11)19/h2-9H,1H3,(H,20,21)/b9-8+. The highest BCUT2D eigenvalue weighted by molar-refractivity contribution is 6.37. The second-order valence-electron chi connectivity index (χ2n) is 4.37. The summed E-state index contributed by atoms with van der Waals surface area (Å²) in [4.78, 5) is 11.9. The lowest BCUT2D eigenvalue weighted by Gasteiger charge is -2.07. The molecule has 2 aromatic rings. The Morgan fingerprint density at radius 1 is 1.00 bits per heavy atom. The SMILES string of the molecule is Cc1c(Cl)cccc1NC(=O)/C=C/c1c(Cl)cccc1Cl. The van der Waals surface area contributed by atoms with Gasteiger partial charge in [-0.05, 0) is 42.8 Å². The number of amides is 1. The molecule has 0 saturated carbocycles. The van der Waals surface area contributed by atoms with E-state index in [0.717, 1.165) is 5.56 Å². The van der Waals surface area contributed by atoms with Crippen molar-refractivity contribution in [1.82, 2.24) is 0 Å². The average Bonchev–Trinajstić information content (AvgIpc) is 2.43. The van der Waals surface area contributed by atoms with Crippen molar-refractivity contribution in [3.8, 4) is 0 Å². The molecule has 21 heavy (non-hydrogen) atoms. The van der Waals surface area contributed by atoms with Crippen LogP contribution in [0.25, 0.3) is 6.08 Å². The number of nitrogens with one attached hydrogen (secondary N) is 1. The van der Waals surface area contributed by atoms with Crippen molar-refractivity contribution >= 4 is 52.5 Å². The molecule has 0 saturated heterocycles. The largest absolute Gasteiger partial charge is 0.322 e. The summed E-state index contributed by atoms with van der Waals surface area (Å²) in [5, 5.41) is 4.35. The van der Waals surface area contributed by atoms with Gasteiger partial charge in [0.05, 0.1) is 0 Å². The molecular weight excluding hydrogens is 329 g/mol. The first kappa shape index (κ1) is 15.9. The molecule has 0 bridgehead atoms. The monoisotopic (exact) mass is 339 g/mol. The van der Waals surface area contributed by atoms with E-state index in [4.69, 9.17) is 34.8 Å². The first-order valence-electron chi connectivity index (χ1n) is 6.17. The number of anilines is 1. The number of rotatable bonds is 3. The number of carbonyl (C=O) groups is 1. The predicted molar refractivity (Wildman–Crippen MR) is 90.3 cm³/mol. The fraction of sp³-hybridized carbons (Fsp3) is 0.0625. The number of benzene rings is 2. The summed E-state index contributed by atoms with van der Waals surface area (Å²) >= 11 is 18.1. The third-order valence-electron chi connectivity index (χ3n) is 2.93. The van der Waals surface area contributed by atoms with Gasteiger partial charge in [0.1, 0.15) is 0 Å². The van der Waals surface area contributed by atoms with Gasteiger partial charge in [-0.2, -0.15) is 0 Å². The first-order chi connectivity index (χ1) is 9.99. The van der Waals surface area contributed by atoms with E-state index in [9.17, 15) is 4.79 Å². The normalized spacial score (nSPS) is 10.9. The van der Waals surface area contributed by atoms with Crippen LogP contribution >= 0.6 is 34.8 Å². The molecule has 0 atom stereocenters. The molecule has 0 aliphatic carbocycles. The van der Waals surface area contributed by atoms with Gasteiger partial charge < -0.3 is 5.32 Å². The Bertz CT molecular complexity index is 690. The molecular formula is C16H12Cl3NO. The second kappa shape index (κ2) is 6.99. The van der Waals surface area contributed by atoms with Gasteiger partial charge >= 0.3 is 0 Å². The van der Waals surface area contributed by atoms with E-state index in [1.807, 2.05) is 6.92 Å². The van der Waals surface area contributed by atoms with Crippen LogP contribution in [0.1, 0.15) is 11.1 Å². The molecule has 0 spiro atoms. The van der Waals surface area contributed by atoms with Gasteiger partial charge in [0.2, 0.25) is 5.91 Å². The Hall–Kier alpha value is -1.48. The number of halogens is 3. The van der Waals surface area contributed by atoms with Crippen LogP contribution in [0.5, 0.6) is 0 Å². The minimum Gasteiger partial charge on any atom is -0.322 e. The Morgan fingerprint density at radius 3 is 2.24 bits per heavy atom. The van der Waals surface area contributed by atoms with Crippen LogP contribution in [0.3, 0.4) is 0 Å². The molecule has 2 rings (SSSR count). The van der Waals surface area contributed by atoms with Crippen molar-refractivity contribution in [3.05, 3.63) is 68.7 Å². The second-order valence-corrected chi connectivity index (χ2v) is 5.59. The maximum atomic E-state index is 11.9. The zero-order valence-electron chi connectivity index (χ0n) is 11.2. The van der Waals surface area contributed by atoms with E-state index in [2.05, 4.69) is 5.32 Å². The number of carbonyl (C=O) groups excluding carboxylic acids is 1. The molecule has 0 fully saturated rings. The molecule has 1 amide bonds. The van der Waals surface area contributed by atoms with E-state index in [1.54, 1.807) is 42.5 Å². The van der Waals surface area contributed by atoms with Crippen molar-refractivity contribution < 1.29 is 4.79 Å². The van der Waals surface area contributed by atoms with Gasteiger partial charge in [-0.1, -0.05) is 46.9 Å². The van der Waals surface area contributed by atoms with E-state index in [0.29, 0.717) is 26.3 Å². The third-order valence-corrected chi connectivity index (χ3v) is 4.00. The first-order valence-corrected chi connectivity index (χ1v) is 7.30. The Kier molecular flexibility index (Phi) is 5.29. The minimum absolute atomic E-state index is 0.281. The summed E-state index contributed by atoms with van der Waals surface area (Å²) in [6, 6.07) is 10.5. The average molecular weight is 341 g/mol. The summed E-state index contributed by atoms with van der Waals surface area (Å²) in [7, 11) is 0. The lowest BCUT2D eigenvalue weighted by Crippen LogP contribution is -2.09. The highest BCUT2D eigenvalue weighted by Crippen LogP contribution is 2.26. The van der Waals surface area contributed by atoms with Crippen molar-refractivity contribution in [2.24, 2.45) is 0 Å². The predicted octanol–water partition coefficient (Wildman–Crippen LogP) is 5.61. The fourth-order valence-electron chi connectivity index (χ4n) is 1.75. The van der Waals surface area contributed by atoms with Crippen LogP contribution < -0.4 is 5.32 Å². The van der Waals surface area contributed by atoms with Crippen molar-refractivity contribution in [3.63, 3.8) is 0 Å². The molecule has 1 N–H and O–H groups in total. The van der Waals surface area contributed by atoms with Gasteiger partial charge in [-0.3, -0.25) is 4.79 Å². The van der Waals surface area contributed by atoms with Gasteiger partial charge in [-0.15, -0.1) is 0 Å². The van der Waals surface area contributed by atoms with Gasteiger partial charge in [0.15, 0.2) is 0 Å². The summed E-state index contributed by atoms with van der Waals surface area (Å²) < 4.78 is 0. The summed E-state index contributed by atoms with van der Waals surface area (Å²) in [6.07, 6.45) is 2.97. The molecule has 0 aliphatic rings. The minimum atomic E-state index is -0.281. The lowest BCUT2D eigenvalue weighted by molar-refractivity contribution is -0.111. The Labute approximate surface area is 138 Å². The maximum absolute atomic E-state index is 11.9. The summed E-state index contributed by atoms with van der Waals surface area (Å²) in [5.74, 6) is -0.281. The smallest absolute Gasteiger partial charge is 0.248 e. The molecule has 0 heterocycles. The van der Waals surface area contributed by atoms with Crippen molar-refractivity contribution in [1.29, 1.82) is 0 Å². The highest BCUT2D eigenvalue weighted by atomic mass is 35.5. The van der Waals surface area contributed by atoms with Crippen molar-refractivity contribution in [2.45, 2.75) is 6.92 Å². The molecule has 2 nitrogen and oxygen atoms in total. The summed E-state index contributed by atoms with van der Waals surface area (Å²) in [6.45, 7) is 1.84. The molecule has 0 radical (unpaired) electrons. The highest BCUT2D eigenvalue weighted by Gasteiger charge is 2.05. The van der Waals surface area contributed by atoms with E-state index >= 15 is 0 Å². The zero-order valence-corrected chi connectivity index (χ0v) is 13.4. The molecule has 0 aliphatic heterocycles. The van der Waals surface area contributed by atoms with Gasteiger partial charge in [0, 0.05) is 32.4 Å². The maximum Gasteiger partial charge on any atom is 0.248 e. The Balaban J connectivity index is 2.15. The topological polar surface area (TPSA) is 29.1 Å². The van der Waals surface area contributed by atoms with Crippen molar-refractivity contribution in [2.75, 3.05) is 5.32 Å². The van der Waals surface area contributed by atoms with Crippen LogP contribution in [0.4, 0.5) is 5.69 Å². The van der Waals surface area contributed by atoms with Crippen LogP contribution in [0.2, 0.25) is 15.1 Å². The van der Waals surface area contributed by atoms with E-state index in [1.165, 1.54) is 6.08 Å². The zero-order chi connectivity index (χ0) is 15.4. The van der Waals surface area contributed by atoms with Crippen LogP contribution in [-0.2, 0) is 4.79 Å². The molecule has 2 aromatic carbocycles. The van der Waals surface area contributed by atoms with Crippen LogP contribution in [0, 0.1) is 6.92 Å². The third kappa shape index (κ3) is 4.01. The lowest BCUT2D eigenvalue weighted by atomic mass is 10.2. The van der Waals surface area contributed by atoms with E-state index < -0.39 is 0 Å². The Morgan fingerprint density at radius 2 is 1.57 bits per heavy atom. The molecule has 108 valence electrons. The molecule has 0 unspecified atom stereocenters.